The molecule has 1 atom stereocenters. The van der Waals surface area contributed by atoms with E-state index < -0.39 is 0 Å². The second-order valence-electron chi connectivity index (χ2n) is 6.41. The summed E-state index contributed by atoms with van der Waals surface area (Å²) in [5.41, 5.74) is 3.94. The quantitative estimate of drug-likeness (QED) is 0.697. The van der Waals surface area contributed by atoms with Gasteiger partial charge in [-0.05, 0) is 66.4 Å². The standard InChI is InChI=1S/C23H23NO2/c1-2-25-21-12-13-22-18(16-21)14-15-24-23(22)17-8-10-20(11-9-17)26-19-6-4-3-5-7-19/h3-13,16,23-24H,2,14-15H2,1H3. The summed E-state index contributed by atoms with van der Waals surface area (Å²) < 4.78 is 11.5. The number of ether oxygens (including phenoxy) is 2. The maximum atomic E-state index is 5.90. The van der Waals surface area contributed by atoms with Gasteiger partial charge in [0.15, 0.2) is 0 Å². The van der Waals surface area contributed by atoms with Crippen LogP contribution in [0.1, 0.15) is 29.7 Å². The average molecular weight is 345 g/mol. The lowest BCUT2D eigenvalue weighted by Crippen LogP contribution is -2.30. The summed E-state index contributed by atoms with van der Waals surface area (Å²) in [6.07, 6.45) is 1.03. The Hall–Kier alpha value is -2.78. The zero-order chi connectivity index (χ0) is 17.8. The molecular weight excluding hydrogens is 322 g/mol. The zero-order valence-corrected chi connectivity index (χ0v) is 14.9. The molecule has 0 amide bonds. The third-order valence-electron chi connectivity index (χ3n) is 4.67. The van der Waals surface area contributed by atoms with E-state index in [2.05, 4.69) is 35.6 Å². The second kappa shape index (κ2) is 7.63. The minimum absolute atomic E-state index is 0.209. The Morgan fingerprint density at radius 2 is 1.62 bits per heavy atom. The Kier molecular flexibility index (Phi) is 4.89. The Bertz CT molecular complexity index is 859. The molecule has 3 heteroatoms. The Balaban J connectivity index is 1.55. The molecule has 0 radical (unpaired) electrons. The molecule has 26 heavy (non-hydrogen) atoms. The van der Waals surface area contributed by atoms with E-state index in [1.165, 1.54) is 16.7 Å². The summed E-state index contributed by atoms with van der Waals surface area (Å²) in [5.74, 6) is 2.66. The minimum atomic E-state index is 0.209. The topological polar surface area (TPSA) is 30.5 Å². The van der Waals surface area contributed by atoms with Gasteiger partial charge < -0.3 is 14.8 Å². The monoisotopic (exact) mass is 345 g/mol. The van der Waals surface area contributed by atoms with E-state index in [1.807, 2.05) is 49.4 Å². The first kappa shape index (κ1) is 16.7. The first-order chi connectivity index (χ1) is 12.8. The summed E-state index contributed by atoms with van der Waals surface area (Å²) >= 11 is 0. The van der Waals surface area contributed by atoms with Gasteiger partial charge in [0.1, 0.15) is 17.2 Å². The van der Waals surface area contributed by atoms with Crippen molar-refractivity contribution in [2.45, 2.75) is 19.4 Å². The molecule has 3 aromatic carbocycles. The SMILES string of the molecule is CCOc1ccc2c(c1)CCNC2c1ccc(Oc2ccccc2)cc1. The largest absolute Gasteiger partial charge is 0.494 e. The van der Waals surface area contributed by atoms with Gasteiger partial charge in [0, 0.05) is 6.54 Å². The van der Waals surface area contributed by atoms with Crippen LogP contribution < -0.4 is 14.8 Å². The number of hydrogen-bond acceptors (Lipinski definition) is 3. The number of benzene rings is 3. The lowest BCUT2D eigenvalue weighted by molar-refractivity contribution is 0.339. The van der Waals surface area contributed by atoms with Crippen molar-refractivity contribution in [2.24, 2.45) is 0 Å². The molecule has 1 unspecified atom stereocenters. The van der Waals surface area contributed by atoms with Gasteiger partial charge in [0.2, 0.25) is 0 Å². The summed E-state index contributed by atoms with van der Waals surface area (Å²) in [4.78, 5) is 0. The fraction of sp³-hybridized carbons (Fsp3) is 0.217. The van der Waals surface area contributed by atoms with Crippen molar-refractivity contribution in [1.82, 2.24) is 5.32 Å². The minimum Gasteiger partial charge on any atom is -0.494 e. The highest BCUT2D eigenvalue weighted by molar-refractivity contribution is 5.45. The summed E-state index contributed by atoms with van der Waals surface area (Å²) in [5, 5.41) is 3.63. The molecule has 0 aliphatic carbocycles. The molecule has 1 heterocycles. The molecule has 1 aliphatic heterocycles. The number of nitrogens with one attached hydrogen (secondary N) is 1. The molecule has 0 aromatic heterocycles. The number of para-hydroxylation sites is 1. The van der Waals surface area contributed by atoms with Crippen molar-refractivity contribution in [3.8, 4) is 17.2 Å². The van der Waals surface area contributed by atoms with Crippen LogP contribution in [0.4, 0.5) is 0 Å². The van der Waals surface area contributed by atoms with Crippen LogP contribution in [0.2, 0.25) is 0 Å². The molecule has 3 aromatic rings. The molecule has 0 bridgehead atoms. The van der Waals surface area contributed by atoms with Crippen LogP contribution in [0.5, 0.6) is 17.2 Å². The van der Waals surface area contributed by atoms with Gasteiger partial charge in [-0.1, -0.05) is 36.4 Å². The molecule has 0 fully saturated rings. The molecule has 0 spiro atoms. The third-order valence-corrected chi connectivity index (χ3v) is 4.67. The predicted octanol–water partition coefficient (Wildman–Crippen LogP) is 5.11. The summed E-state index contributed by atoms with van der Waals surface area (Å²) in [7, 11) is 0. The van der Waals surface area contributed by atoms with E-state index in [0.29, 0.717) is 6.61 Å². The van der Waals surface area contributed by atoms with Crippen LogP contribution in [-0.4, -0.2) is 13.2 Å². The fourth-order valence-corrected chi connectivity index (χ4v) is 3.45. The smallest absolute Gasteiger partial charge is 0.127 e. The van der Waals surface area contributed by atoms with Crippen molar-refractivity contribution in [3.05, 3.63) is 89.5 Å². The van der Waals surface area contributed by atoms with Gasteiger partial charge in [-0.25, -0.2) is 0 Å². The van der Waals surface area contributed by atoms with Gasteiger partial charge in [-0.2, -0.15) is 0 Å². The van der Waals surface area contributed by atoms with Crippen LogP contribution in [0.25, 0.3) is 0 Å². The van der Waals surface area contributed by atoms with Gasteiger partial charge in [0.25, 0.3) is 0 Å². The molecule has 4 rings (SSSR count). The van der Waals surface area contributed by atoms with Gasteiger partial charge in [-0.3, -0.25) is 0 Å². The first-order valence-corrected chi connectivity index (χ1v) is 9.15. The maximum Gasteiger partial charge on any atom is 0.127 e. The molecule has 3 nitrogen and oxygen atoms in total. The highest BCUT2D eigenvalue weighted by atomic mass is 16.5. The average Bonchev–Trinajstić information content (AvgIpc) is 2.69. The second-order valence-corrected chi connectivity index (χ2v) is 6.41. The van der Waals surface area contributed by atoms with E-state index in [-0.39, 0.29) is 6.04 Å². The van der Waals surface area contributed by atoms with Crippen LogP contribution in [0, 0.1) is 0 Å². The van der Waals surface area contributed by atoms with Crippen LogP contribution in [-0.2, 0) is 6.42 Å². The summed E-state index contributed by atoms with van der Waals surface area (Å²) in [6.45, 7) is 3.68. The molecule has 1 N–H and O–H groups in total. The highest BCUT2D eigenvalue weighted by Gasteiger charge is 2.21. The van der Waals surface area contributed by atoms with Crippen molar-refractivity contribution in [3.63, 3.8) is 0 Å². The van der Waals surface area contributed by atoms with Gasteiger partial charge in [-0.15, -0.1) is 0 Å². The molecule has 0 saturated heterocycles. The van der Waals surface area contributed by atoms with Crippen molar-refractivity contribution >= 4 is 0 Å². The van der Waals surface area contributed by atoms with E-state index in [4.69, 9.17) is 9.47 Å². The lowest BCUT2D eigenvalue weighted by atomic mass is 9.90. The summed E-state index contributed by atoms with van der Waals surface area (Å²) in [6, 6.07) is 24.8. The van der Waals surface area contributed by atoms with Gasteiger partial charge >= 0.3 is 0 Å². The lowest BCUT2D eigenvalue weighted by Gasteiger charge is -2.28. The first-order valence-electron chi connectivity index (χ1n) is 9.15. The number of hydrogen-bond donors (Lipinski definition) is 1. The van der Waals surface area contributed by atoms with E-state index in [0.717, 1.165) is 30.2 Å². The van der Waals surface area contributed by atoms with Crippen LogP contribution in [0.3, 0.4) is 0 Å². The zero-order valence-electron chi connectivity index (χ0n) is 14.9. The van der Waals surface area contributed by atoms with E-state index >= 15 is 0 Å². The van der Waals surface area contributed by atoms with E-state index in [9.17, 15) is 0 Å². The molecular formula is C23H23NO2. The number of fused-ring (bicyclic) bond motifs is 1. The van der Waals surface area contributed by atoms with Crippen molar-refractivity contribution in [1.29, 1.82) is 0 Å². The highest BCUT2D eigenvalue weighted by Crippen LogP contribution is 2.32. The third kappa shape index (κ3) is 3.58. The Morgan fingerprint density at radius 3 is 2.38 bits per heavy atom. The predicted molar refractivity (Wildman–Crippen MR) is 104 cm³/mol. The van der Waals surface area contributed by atoms with Crippen LogP contribution in [0.15, 0.2) is 72.8 Å². The van der Waals surface area contributed by atoms with Crippen molar-refractivity contribution < 1.29 is 9.47 Å². The molecule has 132 valence electrons. The van der Waals surface area contributed by atoms with Gasteiger partial charge in [0.05, 0.1) is 12.6 Å². The van der Waals surface area contributed by atoms with Crippen LogP contribution >= 0.6 is 0 Å². The molecule has 0 saturated carbocycles. The molecule has 1 aliphatic rings. The van der Waals surface area contributed by atoms with E-state index in [1.54, 1.807) is 0 Å². The normalized spacial score (nSPS) is 16.0. The maximum absolute atomic E-state index is 5.90. The Labute approximate surface area is 154 Å². The number of rotatable bonds is 5. The Morgan fingerprint density at radius 1 is 0.885 bits per heavy atom. The van der Waals surface area contributed by atoms with Crippen molar-refractivity contribution in [2.75, 3.05) is 13.2 Å². The fourth-order valence-electron chi connectivity index (χ4n) is 3.45.